The van der Waals surface area contributed by atoms with Crippen molar-refractivity contribution in [3.63, 3.8) is 0 Å². The summed E-state index contributed by atoms with van der Waals surface area (Å²) in [6.45, 7) is 2.11. The van der Waals surface area contributed by atoms with E-state index in [1.807, 2.05) is 30.3 Å². The molecule has 0 unspecified atom stereocenters. The molecule has 0 aromatic heterocycles. The highest BCUT2D eigenvalue weighted by molar-refractivity contribution is 7.99. The minimum atomic E-state index is 0.844. The molecule has 1 nitrogen and oxygen atoms in total. The van der Waals surface area contributed by atoms with Gasteiger partial charge >= 0.3 is 0 Å². The molecule has 2 rings (SSSR count). The van der Waals surface area contributed by atoms with Crippen LogP contribution in [0.25, 0.3) is 0 Å². The first-order chi connectivity index (χ1) is 8.72. The molecule has 0 aliphatic rings. The molecule has 0 radical (unpaired) electrons. The molecule has 2 aromatic carbocycles. The predicted octanol–water partition coefficient (Wildman–Crippen LogP) is 5.06. The Morgan fingerprint density at radius 1 is 1.06 bits per heavy atom. The first-order valence-electron chi connectivity index (χ1n) is 5.83. The summed E-state index contributed by atoms with van der Waals surface area (Å²) in [7, 11) is 1.67. The molecule has 0 spiro atoms. The Bertz CT molecular complexity index is 523. The molecule has 0 saturated heterocycles. The van der Waals surface area contributed by atoms with Gasteiger partial charge in [-0.2, -0.15) is 0 Å². The summed E-state index contributed by atoms with van der Waals surface area (Å²) >= 11 is 7.91. The van der Waals surface area contributed by atoms with Gasteiger partial charge in [-0.15, -0.1) is 0 Å². The molecule has 3 heteroatoms. The monoisotopic (exact) mass is 278 g/mol. The van der Waals surface area contributed by atoms with Gasteiger partial charge < -0.3 is 4.74 Å². The summed E-state index contributed by atoms with van der Waals surface area (Å²) < 4.78 is 5.14. The van der Waals surface area contributed by atoms with E-state index in [1.54, 1.807) is 18.9 Å². The van der Waals surface area contributed by atoms with Crippen LogP contribution < -0.4 is 4.74 Å². The molecule has 0 saturated carbocycles. The maximum Gasteiger partial charge on any atom is 0.118 e. The van der Waals surface area contributed by atoms with Gasteiger partial charge in [-0.05, 0) is 48.4 Å². The normalized spacial score (nSPS) is 10.4. The molecule has 0 amide bonds. The van der Waals surface area contributed by atoms with Gasteiger partial charge in [0.2, 0.25) is 0 Å². The maximum absolute atomic E-state index is 6.21. The zero-order chi connectivity index (χ0) is 13.0. The number of ether oxygens (including phenoxy) is 1. The van der Waals surface area contributed by atoms with Gasteiger partial charge in [0.25, 0.3) is 0 Å². The lowest BCUT2D eigenvalue weighted by molar-refractivity contribution is 0.414. The lowest BCUT2D eigenvalue weighted by Crippen LogP contribution is -1.83. The van der Waals surface area contributed by atoms with Gasteiger partial charge in [-0.3, -0.25) is 0 Å². The van der Waals surface area contributed by atoms with Crippen LogP contribution in [-0.4, -0.2) is 7.11 Å². The van der Waals surface area contributed by atoms with E-state index in [1.165, 1.54) is 10.5 Å². The summed E-state index contributed by atoms with van der Waals surface area (Å²) in [5.41, 5.74) is 1.19. The summed E-state index contributed by atoms with van der Waals surface area (Å²) in [6.07, 6.45) is 0.965. The second-order valence-electron chi connectivity index (χ2n) is 3.88. The topological polar surface area (TPSA) is 9.23 Å². The van der Waals surface area contributed by atoms with E-state index in [-0.39, 0.29) is 0 Å². The Hall–Kier alpha value is -1.12. The van der Waals surface area contributed by atoms with Crippen molar-refractivity contribution in [1.82, 2.24) is 0 Å². The minimum absolute atomic E-state index is 0.844. The van der Waals surface area contributed by atoms with Crippen molar-refractivity contribution in [2.45, 2.75) is 23.1 Å². The summed E-state index contributed by atoms with van der Waals surface area (Å²) in [5, 5.41) is 0.844. The van der Waals surface area contributed by atoms with Crippen molar-refractivity contribution in [2.75, 3.05) is 7.11 Å². The van der Waals surface area contributed by atoms with Crippen LogP contribution in [0, 0.1) is 0 Å². The molecule has 94 valence electrons. The Kier molecular flexibility index (Phi) is 4.56. The van der Waals surface area contributed by atoms with E-state index >= 15 is 0 Å². The third kappa shape index (κ3) is 3.21. The van der Waals surface area contributed by atoms with Crippen molar-refractivity contribution in [1.29, 1.82) is 0 Å². The van der Waals surface area contributed by atoms with Gasteiger partial charge in [0.05, 0.1) is 7.11 Å². The Morgan fingerprint density at radius 3 is 2.28 bits per heavy atom. The Labute approximate surface area is 117 Å². The minimum Gasteiger partial charge on any atom is -0.497 e. The van der Waals surface area contributed by atoms with Crippen LogP contribution in [0.4, 0.5) is 0 Å². The fourth-order valence-electron chi connectivity index (χ4n) is 1.66. The van der Waals surface area contributed by atoms with Crippen molar-refractivity contribution in [2.24, 2.45) is 0 Å². The number of halogens is 1. The van der Waals surface area contributed by atoms with Crippen molar-refractivity contribution >= 4 is 23.4 Å². The number of hydrogen-bond acceptors (Lipinski definition) is 2. The second-order valence-corrected chi connectivity index (χ2v) is 5.44. The Balaban J connectivity index is 2.15. The molecular weight excluding hydrogens is 264 g/mol. The summed E-state index contributed by atoms with van der Waals surface area (Å²) in [5.74, 6) is 0.874. The average molecular weight is 279 g/mol. The second kappa shape index (κ2) is 6.17. The number of methoxy groups -OCH3 is 1. The van der Waals surface area contributed by atoms with Crippen LogP contribution in [0.15, 0.2) is 52.3 Å². The van der Waals surface area contributed by atoms with Crippen molar-refractivity contribution in [3.05, 3.63) is 53.1 Å². The van der Waals surface area contributed by atoms with E-state index in [0.29, 0.717) is 0 Å². The van der Waals surface area contributed by atoms with Gasteiger partial charge in [-0.25, -0.2) is 0 Å². The van der Waals surface area contributed by atoms with E-state index in [9.17, 15) is 0 Å². The van der Waals surface area contributed by atoms with Gasteiger partial charge in [-0.1, -0.05) is 36.4 Å². The zero-order valence-electron chi connectivity index (χ0n) is 10.4. The highest BCUT2D eigenvalue weighted by Crippen LogP contribution is 2.31. The summed E-state index contributed by atoms with van der Waals surface area (Å²) in [4.78, 5) is 2.33. The van der Waals surface area contributed by atoms with Gasteiger partial charge in [0.1, 0.15) is 5.75 Å². The molecule has 0 heterocycles. The van der Waals surface area contributed by atoms with Crippen LogP contribution >= 0.6 is 23.4 Å². The molecule has 0 atom stereocenters. The quantitative estimate of drug-likeness (QED) is 0.773. The number of rotatable bonds is 4. The van der Waals surface area contributed by atoms with E-state index < -0.39 is 0 Å². The lowest BCUT2D eigenvalue weighted by Gasteiger charge is -2.06. The van der Waals surface area contributed by atoms with Crippen LogP contribution in [-0.2, 0) is 6.42 Å². The molecule has 18 heavy (non-hydrogen) atoms. The SMILES string of the molecule is CCc1ccc(Sc2ccc(OC)cc2)cc1Cl. The molecule has 2 aromatic rings. The fraction of sp³-hybridized carbons (Fsp3) is 0.200. The zero-order valence-corrected chi connectivity index (χ0v) is 12.0. The molecule has 0 N–H and O–H groups in total. The third-order valence-corrected chi connectivity index (χ3v) is 4.05. The van der Waals surface area contributed by atoms with Crippen LogP contribution in [0.2, 0.25) is 5.02 Å². The highest BCUT2D eigenvalue weighted by Gasteiger charge is 2.02. The van der Waals surface area contributed by atoms with Crippen LogP contribution in [0.5, 0.6) is 5.75 Å². The third-order valence-electron chi connectivity index (χ3n) is 2.70. The standard InChI is InChI=1S/C15H15ClOS/c1-3-11-4-7-14(10-15(11)16)18-13-8-5-12(17-2)6-9-13/h4-10H,3H2,1-2H3. The molecule has 0 bridgehead atoms. The summed E-state index contributed by atoms with van der Waals surface area (Å²) in [6, 6.07) is 14.2. The van der Waals surface area contributed by atoms with Crippen LogP contribution in [0.3, 0.4) is 0 Å². The lowest BCUT2D eigenvalue weighted by atomic mass is 10.2. The van der Waals surface area contributed by atoms with Crippen molar-refractivity contribution < 1.29 is 4.74 Å². The molecule has 0 aliphatic heterocycles. The predicted molar refractivity (Wildman–Crippen MR) is 77.9 cm³/mol. The molecule has 0 aliphatic carbocycles. The first-order valence-corrected chi connectivity index (χ1v) is 7.02. The first kappa shape index (κ1) is 13.3. The number of aryl methyl sites for hydroxylation is 1. The van der Waals surface area contributed by atoms with Gasteiger partial charge in [0, 0.05) is 14.8 Å². The van der Waals surface area contributed by atoms with Crippen molar-refractivity contribution in [3.8, 4) is 5.75 Å². The van der Waals surface area contributed by atoms with Gasteiger partial charge in [0.15, 0.2) is 0 Å². The molecule has 0 fully saturated rings. The highest BCUT2D eigenvalue weighted by atomic mass is 35.5. The molecular formula is C15H15ClOS. The van der Waals surface area contributed by atoms with E-state index in [2.05, 4.69) is 19.1 Å². The smallest absolute Gasteiger partial charge is 0.118 e. The van der Waals surface area contributed by atoms with E-state index in [0.717, 1.165) is 22.1 Å². The van der Waals surface area contributed by atoms with Crippen LogP contribution in [0.1, 0.15) is 12.5 Å². The maximum atomic E-state index is 6.21. The number of benzene rings is 2. The fourth-order valence-corrected chi connectivity index (χ4v) is 2.89. The van der Waals surface area contributed by atoms with E-state index in [4.69, 9.17) is 16.3 Å². The largest absolute Gasteiger partial charge is 0.497 e. The number of hydrogen-bond donors (Lipinski definition) is 0. The average Bonchev–Trinajstić information content (AvgIpc) is 2.40. The Morgan fingerprint density at radius 2 is 1.72 bits per heavy atom.